The molecule has 0 saturated carbocycles. The lowest BCUT2D eigenvalue weighted by atomic mass is 10.1. The predicted molar refractivity (Wildman–Crippen MR) is 56.7 cm³/mol. The molecule has 0 aliphatic heterocycles. The maximum atomic E-state index is 9.73. The summed E-state index contributed by atoms with van der Waals surface area (Å²) in [6.07, 6.45) is 1.96. The highest BCUT2D eigenvalue weighted by Gasteiger charge is 2.18. The molecule has 0 saturated heterocycles. The Morgan fingerprint density at radius 2 is 2.31 bits per heavy atom. The maximum Gasteiger partial charge on any atom is 0.0833 e. The summed E-state index contributed by atoms with van der Waals surface area (Å²) in [5.41, 5.74) is -0.672. The zero-order valence-corrected chi connectivity index (χ0v) is 9.32. The minimum Gasteiger partial charge on any atom is -0.388 e. The van der Waals surface area contributed by atoms with Gasteiger partial charge in [0, 0.05) is 18.8 Å². The molecule has 0 spiro atoms. The summed E-state index contributed by atoms with van der Waals surface area (Å²) in [5.74, 6) is 0.714. The Kier molecular flexibility index (Phi) is 6.13. The van der Waals surface area contributed by atoms with Crippen LogP contribution in [0.5, 0.6) is 0 Å². The molecule has 3 nitrogen and oxygen atoms in total. The van der Waals surface area contributed by atoms with E-state index in [1.807, 2.05) is 13.2 Å². The molecule has 0 aliphatic carbocycles. The molecule has 0 radical (unpaired) electrons. The van der Waals surface area contributed by atoms with E-state index in [0.717, 1.165) is 0 Å². The van der Waals surface area contributed by atoms with Crippen LogP contribution < -0.4 is 5.32 Å². The second kappa shape index (κ2) is 6.25. The van der Waals surface area contributed by atoms with Crippen LogP contribution in [0.1, 0.15) is 13.8 Å². The van der Waals surface area contributed by atoms with E-state index in [0.29, 0.717) is 18.8 Å². The predicted octanol–water partition coefficient (Wildman–Crippen LogP) is 0.850. The first-order valence-electron chi connectivity index (χ1n) is 4.33. The van der Waals surface area contributed by atoms with E-state index in [1.165, 1.54) is 0 Å². The number of hydrogen-bond acceptors (Lipinski definition) is 4. The summed E-state index contributed by atoms with van der Waals surface area (Å²) < 4.78 is 0. The van der Waals surface area contributed by atoms with Gasteiger partial charge >= 0.3 is 0 Å². The van der Waals surface area contributed by atoms with Crippen molar-refractivity contribution < 1.29 is 5.11 Å². The first-order chi connectivity index (χ1) is 6.02. The number of hydrogen-bond donors (Lipinski definition) is 2. The molecule has 0 aliphatic rings. The fourth-order valence-electron chi connectivity index (χ4n) is 0.966. The van der Waals surface area contributed by atoms with Crippen molar-refractivity contribution in [3.8, 4) is 6.07 Å². The Labute approximate surface area is 84.5 Å². The molecule has 0 aromatic rings. The molecule has 2 N–H and O–H groups in total. The van der Waals surface area contributed by atoms with Gasteiger partial charge in [-0.25, -0.2) is 0 Å². The largest absolute Gasteiger partial charge is 0.388 e. The second-order valence-corrected chi connectivity index (χ2v) is 4.46. The smallest absolute Gasteiger partial charge is 0.0833 e. The van der Waals surface area contributed by atoms with Gasteiger partial charge in [-0.1, -0.05) is 0 Å². The summed E-state index contributed by atoms with van der Waals surface area (Å²) in [4.78, 5) is 0. The zero-order valence-electron chi connectivity index (χ0n) is 8.50. The summed E-state index contributed by atoms with van der Waals surface area (Å²) in [5, 5.41) is 21.3. The Hall–Kier alpha value is -0.240. The van der Waals surface area contributed by atoms with Gasteiger partial charge in [-0.15, -0.1) is 0 Å². The van der Waals surface area contributed by atoms with Gasteiger partial charge in [-0.05, 0) is 20.1 Å². The van der Waals surface area contributed by atoms with Crippen LogP contribution in [0.3, 0.4) is 0 Å². The Balaban J connectivity index is 3.58. The van der Waals surface area contributed by atoms with E-state index in [1.54, 1.807) is 18.7 Å². The average Bonchev–Trinajstić information content (AvgIpc) is 2.03. The van der Waals surface area contributed by atoms with Gasteiger partial charge in [-0.3, -0.25) is 0 Å². The SMILES string of the molecule is CSCC(C)(O)CNCC(C)C#N. The molecule has 0 bridgehead atoms. The lowest BCUT2D eigenvalue weighted by Crippen LogP contribution is -2.41. The van der Waals surface area contributed by atoms with Crippen LogP contribution in [0, 0.1) is 17.2 Å². The average molecular weight is 202 g/mol. The van der Waals surface area contributed by atoms with Crippen LogP contribution in [0.25, 0.3) is 0 Å². The van der Waals surface area contributed by atoms with Gasteiger partial charge in [0.15, 0.2) is 0 Å². The Bertz CT molecular complexity index is 177. The van der Waals surface area contributed by atoms with E-state index in [2.05, 4.69) is 11.4 Å². The molecule has 0 amide bonds. The number of aliphatic hydroxyl groups is 1. The van der Waals surface area contributed by atoms with Crippen LogP contribution in [-0.2, 0) is 0 Å². The summed E-state index contributed by atoms with van der Waals surface area (Å²) in [7, 11) is 0. The van der Waals surface area contributed by atoms with E-state index < -0.39 is 5.60 Å². The number of nitrogens with one attached hydrogen (secondary N) is 1. The van der Waals surface area contributed by atoms with Gasteiger partial charge in [0.05, 0.1) is 17.6 Å². The van der Waals surface area contributed by atoms with Gasteiger partial charge in [0.1, 0.15) is 0 Å². The van der Waals surface area contributed by atoms with Crippen molar-refractivity contribution in [3.63, 3.8) is 0 Å². The first kappa shape index (κ1) is 12.8. The Morgan fingerprint density at radius 1 is 1.69 bits per heavy atom. The fraction of sp³-hybridized carbons (Fsp3) is 0.889. The van der Waals surface area contributed by atoms with E-state index in [4.69, 9.17) is 5.26 Å². The number of thioether (sulfide) groups is 1. The van der Waals surface area contributed by atoms with Gasteiger partial charge in [-0.2, -0.15) is 17.0 Å². The van der Waals surface area contributed by atoms with Crippen molar-refractivity contribution in [3.05, 3.63) is 0 Å². The normalized spacial score (nSPS) is 17.5. The standard InChI is InChI=1S/C9H18N2OS/c1-8(4-10)5-11-6-9(2,12)7-13-3/h8,11-12H,5-7H2,1-3H3. The maximum absolute atomic E-state index is 9.73. The fourth-order valence-corrected chi connectivity index (χ4v) is 1.69. The minimum atomic E-state index is -0.672. The molecule has 0 heterocycles. The van der Waals surface area contributed by atoms with E-state index in [9.17, 15) is 5.11 Å². The molecule has 0 aromatic carbocycles. The molecule has 0 aromatic heterocycles. The summed E-state index contributed by atoms with van der Waals surface area (Å²) >= 11 is 1.62. The zero-order chi connectivity index (χ0) is 10.3. The van der Waals surface area contributed by atoms with Crippen molar-refractivity contribution >= 4 is 11.8 Å². The molecule has 2 atom stereocenters. The first-order valence-corrected chi connectivity index (χ1v) is 5.73. The molecule has 0 fully saturated rings. The highest BCUT2D eigenvalue weighted by Crippen LogP contribution is 2.08. The van der Waals surface area contributed by atoms with Crippen molar-refractivity contribution in [1.29, 1.82) is 5.26 Å². The number of nitrogens with zero attached hydrogens (tertiary/aromatic N) is 1. The van der Waals surface area contributed by atoms with Gasteiger partial charge in [0.2, 0.25) is 0 Å². The molecule has 76 valence electrons. The number of rotatable bonds is 6. The number of nitriles is 1. The molecular formula is C9H18N2OS. The summed E-state index contributed by atoms with van der Waals surface area (Å²) in [6, 6.07) is 2.13. The third-order valence-electron chi connectivity index (χ3n) is 1.63. The van der Waals surface area contributed by atoms with E-state index >= 15 is 0 Å². The van der Waals surface area contributed by atoms with Crippen LogP contribution in [0.15, 0.2) is 0 Å². The van der Waals surface area contributed by atoms with Gasteiger partial charge in [0.25, 0.3) is 0 Å². The van der Waals surface area contributed by atoms with E-state index in [-0.39, 0.29) is 5.92 Å². The highest BCUT2D eigenvalue weighted by atomic mass is 32.2. The van der Waals surface area contributed by atoms with Crippen molar-refractivity contribution in [1.82, 2.24) is 5.32 Å². The monoisotopic (exact) mass is 202 g/mol. The lowest BCUT2D eigenvalue weighted by Gasteiger charge is -2.22. The topological polar surface area (TPSA) is 56.0 Å². The van der Waals surface area contributed by atoms with Crippen molar-refractivity contribution in [2.75, 3.05) is 25.1 Å². The van der Waals surface area contributed by atoms with Crippen LogP contribution in [-0.4, -0.2) is 35.8 Å². The van der Waals surface area contributed by atoms with Crippen molar-refractivity contribution in [2.45, 2.75) is 19.4 Å². The van der Waals surface area contributed by atoms with Crippen LogP contribution in [0.4, 0.5) is 0 Å². The van der Waals surface area contributed by atoms with Crippen LogP contribution >= 0.6 is 11.8 Å². The second-order valence-electron chi connectivity index (χ2n) is 3.59. The third-order valence-corrected chi connectivity index (χ3v) is 2.54. The highest BCUT2D eigenvalue weighted by molar-refractivity contribution is 7.98. The molecular weight excluding hydrogens is 184 g/mol. The summed E-state index contributed by atoms with van der Waals surface area (Å²) in [6.45, 7) is 4.84. The quantitative estimate of drug-likeness (QED) is 0.670. The van der Waals surface area contributed by atoms with Crippen LogP contribution in [0.2, 0.25) is 0 Å². The molecule has 4 heteroatoms. The molecule has 0 rings (SSSR count). The Morgan fingerprint density at radius 3 is 2.77 bits per heavy atom. The lowest BCUT2D eigenvalue weighted by molar-refractivity contribution is 0.0845. The minimum absolute atomic E-state index is 0.00470. The third kappa shape index (κ3) is 6.88. The molecule has 13 heavy (non-hydrogen) atoms. The van der Waals surface area contributed by atoms with Crippen molar-refractivity contribution in [2.24, 2.45) is 5.92 Å². The van der Waals surface area contributed by atoms with Gasteiger partial charge < -0.3 is 10.4 Å². The molecule has 2 unspecified atom stereocenters.